The summed E-state index contributed by atoms with van der Waals surface area (Å²) in [6.45, 7) is 4.38. The molecule has 6 aromatic carbocycles. The third kappa shape index (κ3) is 3.65. The predicted octanol–water partition coefficient (Wildman–Crippen LogP) is 10.3. The maximum Gasteiger partial charge on any atom is 0.171 e. The van der Waals surface area contributed by atoms with Crippen molar-refractivity contribution in [2.24, 2.45) is 0 Å². The molecule has 47 heavy (non-hydrogen) atoms. The Labute approximate surface area is 275 Å². The second-order valence-corrected chi connectivity index (χ2v) is 15.3. The molecule has 0 bridgehead atoms. The molecule has 0 unspecified atom stereocenters. The van der Waals surface area contributed by atoms with Gasteiger partial charge in [0, 0.05) is 32.2 Å². The zero-order valence-corrected chi connectivity index (χ0v) is 27.3. The van der Waals surface area contributed by atoms with E-state index in [1.165, 1.54) is 39.0 Å². The zero-order chi connectivity index (χ0) is 31.8. The molecular formula is C44H33O2P. The molecule has 0 saturated carbocycles. The van der Waals surface area contributed by atoms with Gasteiger partial charge in [0.2, 0.25) is 0 Å². The largest absolute Gasteiger partial charge is 0.455 e. The van der Waals surface area contributed by atoms with Crippen LogP contribution in [0.15, 0.2) is 162 Å². The van der Waals surface area contributed by atoms with E-state index in [0.717, 1.165) is 49.8 Å². The summed E-state index contributed by atoms with van der Waals surface area (Å²) in [5, 5.41) is 4.48. The molecule has 3 heteroatoms. The Kier molecular flexibility index (Phi) is 6.23. The standard InChI is InChI=1S/C44H33O2P/c1-3-15-35-37(4-2)44(38-22-13-11-20-32(38)33-21-12-14-23-39(33)44)40-26-25-34-36-28-31(24-27-41(36)46-43(34)42(35)40)47(45,29-16-7-5-8-17-29)30-18-9-6-10-19-30/h4-28H,3H2,1-2H3/b35-15+,37-4+. The van der Waals surface area contributed by atoms with Crippen molar-refractivity contribution in [3.63, 3.8) is 0 Å². The van der Waals surface area contributed by atoms with E-state index in [9.17, 15) is 0 Å². The normalized spacial score (nSPS) is 16.3. The summed E-state index contributed by atoms with van der Waals surface area (Å²) in [7, 11) is -3.15. The first-order valence-electron chi connectivity index (χ1n) is 16.4. The minimum atomic E-state index is -3.15. The van der Waals surface area contributed by atoms with Crippen molar-refractivity contribution < 1.29 is 8.98 Å². The summed E-state index contributed by atoms with van der Waals surface area (Å²) in [5.41, 5.74) is 11.4. The SMILES string of the molecule is C/C=C1\C(=C/CC)c2c(ccc3c2oc2ccc(P(=O)(c4ccccc4)c4ccccc4)cc23)C12c1ccccc1-c1ccccc12. The molecule has 1 spiro atoms. The van der Waals surface area contributed by atoms with Crippen LogP contribution in [0.4, 0.5) is 0 Å². The average Bonchev–Trinajstić information content (AvgIpc) is 3.75. The Morgan fingerprint density at radius 2 is 1.23 bits per heavy atom. The molecule has 0 N–H and O–H groups in total. The van der Waals surface area contributed by atoms with Crippen LogP contribution >= 0.6 is 7.14 Å². The topological polar surface area (TPSA) is 30.2 Å². The van der Waals surface area contributed by atoms with Gasteiger partial charge in [0.15, 0.2) is 7.14 Å². The molecule has 9 rings (SSSR count). The number of hydrogen-bond donors (Lipinski definition) is 0. The van der Waals surface area contributed by atoms with Gasteiger partial charge in [0.25, 0.3) is 0 Å². The lowest BCUT2D eigenvalue weighted by atomic mass is 9.70. The number of hydrogen-bond acceptors (Lipinski definition) is 2. The van der Waals surface area contributed by atoms with Gasteiger partial charge >= 0.3 is 0 Å². The summed E-state index contributed by atoms with van der Waals surface area (Å²) < 4.78 is 22.1. The molecule has 0 aliphatic heterocycles. The number of rotatable bonds is 4. The van der Waals surface area contributed by atoms with E-state index in [1.807, 2.05) is 72.8 Å². The van der Waals surface area contributed by atoms with Crippen LogP contribution in [0.1, 0.15) is 42.5 Å². The summed E-state index contributed by atoms with van der Waals surface area (Å²) in [4.78, 5) is 0. The van der Waals surface area contributed by atoms with E-state index in [1.54, 1.807) is 0 Å². The molecule has 2 nitrogen and oxygen atoms in total. The summed E-state index contributed by atoms with van der Waals surface area (Å²) >= 11 is 0. The molecule has 2 aliphatic rings. The summed E-state index contributed by atoms with van der Waals surface area (Å²) in [6, 6.07) is 48.2. The lowest BCUT2D eigenvalue weighted by Crippen LogP contribution is -2.25. The van der Waals surface area contributed by atoms with Gasteiger partial charge in [0.05, 0.1) is 5.41 Å². The fourth-order valence-corrected chi connectivity index (χ4v) is 11.1. The van der Waals surface area contributed by atoms with Crippen LogP contribution in [-0.4, -0.2) is 0 Å². The summed E-state index contributed by atoms with van der Waals surface area (Å²) in [6.07, 6.45) is 5.58. The molecule has 0 atom stereocenters. The first kappa shape index (κ1) is 28.1. The van der Waals surface area contributed by atoms with Crippen molar-refractivity contribution >= 4 is 50.6 Å². The highest BCUT2D eigenvalue weighted by Crippen LogP contribution is 2.64. The van der Waals surface area contributed by atoms with Crippen LogP contribution in [0.5, 0.6) is 0 Å². The van der Waals surface area contributed by atoms with Crippen LogP contribution in [0, 0.1) is 0 Å². The summed E-state index contributed by atoms with van der Waals surface area (Å²) in [5.74, 6) is 0. The Bertz CT molecular complexity index is 2390. The molecule has 0 saturated heterocycles. The highest BCUT2D eigenvalue weighted by atomic mass is 31.2. The van der Waals surface area contributed by atoms with Crippen molar-refractivity contribution in [2.75, 3.05) is 0 Å². The van der Waals surface area contributed by atoms with Gasteiger partial charge in [-0.1, -0.05) is 140 Å². The van der Waals surface area contributed by atoms with Gasteiger partial charge in [-0.05, 0) is 70.5 Å². The molecule has 1 aromatic heterocycles. The number of allylic oxidation sites excluding steroid dienone is 4. The molecule has 0 amide bonds. The highest BCUT2D eigenvalue weighted by molar-refractivity contribution is 7.85. The molecule has 226 valence electrons. The fourth-order valence-electron chi connectivity index (χ4n) is 8.41. The smallest absolute Gasteiger partial charge is 0.171 e. The van der Waals surface area contributed by atoms with Gasteiger partial charge < -0.3 is 8.98 Å². The van der Waals surface area contributed by atoms with Crippen LogP contribution in [-0.2, 0) is 9.98 Å². The second kappa shape index (κ2) is 10.4. The molecule has 2 aliphatic carbocycles. The Hall–Kier alpha value is -5.17. The van der Waals surface area contributed by atoms with E-state index < -0.39 is 12.6 Å². The highest BCUT2D eigenvalue weighted by Gasteiger charge is 2.53. The van der Waals surface area contributed by atoms with E-state index in [4.69, 9.17) is 4.42 Å². The Morgan fingerprint density at radius 3 is 1.83 bits per heavy atom. The zero-order valence-electron chi connectivity index (χ0n) is 26.4. The lowest BCUT2D eigenvalue weighted by molar-refractivity contribution is 0.592. The molecular weight excluding hydrogens is 591 g/mol. The first-order chi connectivity index (χ1) is 23.1. The van der Waals surface area contributed by atoms with E-state index in [-0.39, 0.29) is 0 Å². The fraction of sp³-hybridized carbons (Fsp3) is 0.0909. The van der Waals surface area contributed by atoms with Crippen molar-refractivity contribution in [1.29, 1.82) is 0 Å². The van der Waals surface area contributed by atoms with Crippen molar-refractivity contribution in [2.45, 2.75) is 25.7 Å². The van der Waals surface area contributed by atoms with Gasteiger partial charge in [-0.25, -0.2) is 0 Å². The van der Waals surface area contributed by atoms with Crippen LogP contribution in [0.3, 0.4) is 0 Å². The quantitative estimate of drug-likeness (QED) is 0.183. The van der Waals surface area contributed by atoms with Crippen LogP contribution in [0.2, 0.25) is 0 Å². The minimum Gasteiger partial charge on any atom is -0.455 e. The lowest BCUT2D eigenvalue weighted by Gasteiger charge is -2.30. The average molecular weight is 625 g/mol. The van der Waals surface area contributed by atoms with E-state index in [2.05, 4.69) is 92.7 Å². The van der Waals surface area contributed by atoms with E-state index in [0.29, 0.717) is 0 Å². The predicted molar refractivity (Wildman–Crippen MR) is 197 cm³/mol. The maximum absolute atomic E-state index is 15.3. The molecule has 0 radical (unpaired) electrons. The third-order valence-electron chi connectivity index (χ3n) is 10.2. The first-order valence-corrected chi connectivity index (χ1v) is 18.1. The second-order valence-electron chi connectivity index (χ2n) is 12.5. The minimum absolute atomic E-state index is 0.424. The molecule has 0 fully saturated rings. The maximum atomic E-state index is 15.3. The van der Waals surface area contributed by atoms with Gasteiger partial charge in [0.1, 0.15) is 11.2 Å². The van der Waals surface area contributed by atoms with Gasteiger partial charge in [-0.2, -0.15) is 0 Å². The van der Waals surface area contributed by atoms with Gasteiger partial charge in [-0.15, -0.1) is 0 Å². The third-order valence-corrected chi connectivity index (χ3v) is 13.3. The van der Waals surface area contributed by atoms with Crippen molar-refractivity contribution in [3.8, 4) is 11.1 Å². The monoisotopic (exact) mass is 624 g/mol. The molecule has 7 aromatic rings. The number of fused-ring (bicyclic) bond motifs is 11. The Morgan fingerprint density at radius 1 is 0.638 bits per heavy atom. The number of furan rings is 1. The Balaban J connectivity index is 1.35. The number of benzene rings is 6. The van der Waals surface area contributed by atoms with Crippen molar-refractivity contribution in [1.82, 2.24) is 0 Å². The van der Waals surface area contributed by atoms with E-state index >= 15 is 4.57 Å². The molecule has 1 heterocycles. The van der Waals surface area contributed by atoms with Gasteiger partial charge in [-0.3, -0.25) is 0 Å². The van der Waals surface area contributed by atoms with Crippen LogP contribution < -0.4 is 15.9 Å². The van der Waals surface area contributed by atoms with Crippen LogP contribution in [0.25, 0.3) is 38.6 Å². The van der Waals surface area contributed by atoms with Crippen molar-refractivity contribution in [3.05, 3.63) is 180 Å².